The van der Waals surface area contributed by atoms with Crippen LogP contribution in [0.25, 0.3) is 0 Å². The Morgan fingerprint density at radius 3 is 2.35 bits per heavy atom. The van der Waals surface area contributed by atoms with Crippen molar-refractivity contribution in [3.05, 3.63) is 29.8 Å². The van der Waals surface area contributed by atoms with Gasteiger partial charge < -0.3 is 4.74 Å². The molecule has 0 aromatic heterocycles. The number of carbonyl (C=O) groups excluding carboxylic acids is 1. The number of sulfonamides is 1. The van der Waals surface area contributed by atoms with Crippen LogP contribution in [-0.2, 0) is 19.6 Å². The van der Waals surface area contributed by atoms with Gasteiger partial charge in [-0.25, -0.2) is 13.2 Å². The Kier molecular flexibility index (Phi) is 3.64. The van der Waals surface area contributed by atoms with Crippen molar-refractivity contribution in [2.75, 3.05) is 7.11 Å². The lowest BCUT2D eigenvalue weighted by molar-refractivity contribution is -0.144. The predicted octanol–water partition coefficient (Wildman–Crippen LogP) is 1.71. The number of aryl methyl sites for hydroxylation is 1. The fourth-order valence-corrected chi connectivity index (χ4v) is 4.71. The van der Waals surface area contributed by atoms with E-state index in [9.17, 15) is 13.2 Å². The Hall–Kier alpha value is -1.40. The third kappa shape index (κ3) is 2.03. The van der Waals surface area contributed by atoms with Gasteiger partial charge in [-0.2, -0.15) is 4.31 Å². The highest BCUT2D eigenvalue weighted by molar-refractivity contribution is 7.89. The molecule has 0 spiro atoms. The first-order chi connectivity index (χ1) is 9.30. The zero-order valence-corrected chi connectivity index (χ0v) is 12.9. The summed E-state index contributed by atoms with van der Waals surface area (Å²) in [5.74, 6) is -0.514. The number of hydrogen-bond acceptors (Lipinski definition) is 4. The molecule has 1 aromatic rings. The number of nitrogens with zero attached hydrogens (tertiary/aromatic N) is 1. The second kappa shape index (κ2) is 4.86. The minimum Gasteiger partial charge on any atom is -0.468 e. The maximum absolute atomic E-state index is 12.6. The van der Waals surface area contributed by atoms with Crippen LogP contribution in [0.3, 0.4) is 0 Å². The molecule has 1 aliphatic rings. The SMILES string of the molecule is CC[C@@H]1N(S(=O)(=O)c2ccc(C)cc2)[C@@]1(C)C(=O)OC. The maximum atomic E-state index is 12.6. The van der Waals surface area contributed by atoms with Crippen LogP contribution in [-0.4, -0.2) is 37.4 Å². The molecule has 0 saturated carbocycles. The van der Waals surface area contributed by atoms with Gasteiger partial charge >= 0.3 is 5.97 Å². The molecule has 0 amide bonds. The molecule has 110 valence electrons. The summed E-state index contributed by atoms with van der Waals surface area (Å²) >= 11 is 0. The van der Waals surface area contributed by atoms with Crippen LogP contribution in [0.15, 0.2) is 29.2 Å². The molecule has 1 fully saturated rings. The first-order valence-electron chi connectivity index (χ1n) is 6.49. The van der Waals surface area contributed by atoms with Gasteiger partial charge in [0.05, 0.1) is 18.0 Å². The van der Waals surface area contributed by atoms with Gasteiger partial charge in [0.1, 0.15) is 5.54 Å². The van der Waals surface area contributed by atoms with Gasteiger partial charge in [0.2, 0.25) is 10.0 Å². The van der Waals surface area contributed by atoms with Crippen molar-refractivity contribution in [1.82, 2.24) is 4.31 Å². The summed E-state index contributed by atoms with van der Waals surface area (Å²) in [6, 6.07) is 6.27. The highest BCUT2D eigenvalue weighted by Gasteiger charge is 2.70. The van der Waals surface area contributed by atoms with Crippen molar-refractivity contribution in [2.24, 2.45) is 0 Å². The molecule has 1 aromatic carbocycles. The Balaban J connectivity index is 2.40. The maximum Gasteiger partial charge on any atom is 0.328 e. The van der Waals surface area contributed by atoms with E-state index in [4.69, 9.17) is 4.74 Å². The van der Waals surface area contributed by atoms with Crippen LogP contribution in [0.4, 0.5) is 0 Å². The van der Waals surface area contributed by atoms with Crippen molar-refractivity contribution in [2.45, 2.75) is 43.7 Å². The molecule has 1 heterocycles. The second-order valence-electron chi connectivity index (χ2n) is 5.18. The van der Waals surface area contributed by atoms with Crippen LogP contribution in [0.5, 0.6) is 0 Å². The molecule has 6 heteroatoms. The van der Waals surface area contributed by atoms with E-state index >= 15 is 0 Å². The quantitative estimate of drug-likeness (QED) is 0.627. The van der Waals surface area contributed by atoms with E-state index in [0.717, 1.165) is 5.56 Å². The van der Waals surface area contributed by atoms with Gasteiger partial charge in [0.25, 0.3) is 0 Å². The molecule has 0 N–H and O–H groups in total. The highest BCUT2D eigenvalue weighted by atomic mass is 32.2. The van der Waals surface area contributed by atoms with Gasteiger partial charge in [-0.15, -0.1) is 0 Å². The fourth-order valence-electron chi connectivity index (χ4n) is 2.66. The first kappa shape index (κ1) is 15.0. The van der Waals surface area contributed by atoms with Crippen LogP contribution in [0, 0.1) is 6.92 Å². The average molecular weight is 297 g/mol. The number of esters is 1. The van der Waals surface area contributed by atoms with E-state index in [1.54, 1.807) is 31.2 Å². The van der Waals surface area contributed by atoms with Gasteiger partial charge in [0.15, 0.2) is 0 Å². The molecule has 1 unspecified atom stereocenters. The summed E-state index contributed by atoms with van der Waals surface area (Å²) in [6.45, 7) is 5.36. The molecule has 2 rings (SSSR count). The van der Waals surface area contributed by atoms with Crippen molar-refractivity contribution in [1.29, 1.82) is 0 Å². The van der Waals surface area contributed by atoms with Crippen LogP contribution in [0.1, 0.15) is 25.8 Å². The molecule has 0 radical (unpaired) electrons. The summed E-state index contributed by atoms with van der Waals surface area (Å²) in [7, 11) is -2.40. The van der Waals surface area contributed by atoms with E-state index < -0.39 is 21.5 Å². The minimum absolute atomic E-state index is 0.203. The van der Waals surface area contributed by atoms with Gasteiger partial charge in [-0.1, -0.05) is 24.6 Å². The minimum atomic E-state index is -3.67. The first-order valence-corrected chi connectivity index (χ1v) is 7.93. The molecule has 1 aliphatic heterocycles. The third-order valence-electron chi connectivity index (χ3n) is 3.89. The summed E-state index contributed by atoms with van der Waals surface area (Å²) in [5, 5.41) is 0. The summed E-state index contributed by atoms with van der Waals surface area (Å²) in [5.41, 5.74) is -0.106. The normalized spacial score (nSPS) is 29.0. The zero-order chi connectivity index (χ0) is 15.1. The monoisotopic (exact) mass is 297 g/mol. The van der Waals surface area contributed by atoms with Crippen molar-refractivity contribution in [3.63, 3.8) is 0 Å². The Morgan fingerprint density at radius 1 is 1.35 bits per heavy atom. The van der Waals surface area contributed by atoms with E-state index in [0.29, 0.717) is 6.42 Å². The molecular weight excluding hydrogens is 278 g/mol. The largest absolute Gasteiger partial charge is 0.468 e. The highest BCUT2D eigenvalue weighted by Crippen LogP contribution is 2.48. The summed E-state index contributed by atoms with van der Waals surface area (Å²) in [4.78, 5) is 12.1. The van der Waals surface area contributed by atoms with Crippen molar-refractivity contribution in [3.8, 4) is 0 Å². The molecule has 5 nitrogen and oxygen atoms in total. The standard InChI is InChI=1S/C14H19NO4S/c1-5-12-14(3,13(16)19-4)15(12)20(17,18)11-8-6-10(2)7-9-11/h6-9,12H,5H2,1-4H3/t12-,14+,15?/m0/s1. The Morgan fingerprint density at radius 2 is 1.90 bits per heavy atom. The second-order valence-corrected chi connectivity index (χ2v) is 6.99. The number of rotatable bonds is 4. The van der Waals surface area contributed by atoms with E-state index in [1.165, 1.54) is 11.4 Å². The number of carbonyl (C=O) groups is 1. The lowest BCUT2D eigenvalue weighted by atomic mass is 10.1. The molecule has 20 heavy (non-hydrogen) atoms. The van der Waals surface area contributed by atoms with E-state index in [2.05, 4.69) is 0 Å². The Bertz CT molecular complexity index is 623. The smallest absolute Gasteiger partial charge is 0.328 e. The predicted molar refractivity (Wildman–Crippen MR) is 74.7 cm³/mol. The lowest BCUT2D eigenvalue weighted by Crippen LogP contribution is -2.30. The van der Waals surface area contributed by atoms with Crippen molar-refractivity contribution >= 4 is 16.0 Å². The van der Waals surface area contributed by atoms with E-state index in [-0.39, 0.29) is 10.9 Å². The van der Waals surface area contributed by atoms with Gasteiger partial charge in [0, 0.05) is 0 Å². The molecular formula is C14H19NO4S. The van der Waals surface area contributed by atoms with Gasteiger partial charge in [-0.05, 0) is 32.4 Å². The number of hydrogen-bond donors (Lipinski definition) is 0. The number of ether oxygens (including phenoxy) is 1. The lowest BCUT2D eigenvalue weighted by Gasteiger charge is -2.11. The molecule has 3 atom stereocenters. The topological polar surface area (TPSA) is 63.5 Å². The summed E-state index contributed by atoms with van der Waals surface area (Å²) in [6.07, 6.45) is 0.566. The van der Waals surface area contributed by atoms with Crippen LogP contribution < -0.4 is 0 Å². The van der Waals surface area contributed by atoms with Gasteiger partial charge in [-0.3, -0.25) is 0 Å². The van der Waals surface area contributed by atoms with Crippen LogP contribution in [0.2, 0.25) is 0 Å². The van der Waals surface area contributed by atoms with Crippen molar-refractivity contribution < 1.29 is 17.9 Å². The fraction of sp³-hybridized carbons (Fsp3) is 0.500. The average Bonchev–Trinajstić information content (AvgIpc) is 3.06. The Labute approximate surface area is 119 Å². The molecule has 0 bridgehead atoms. The number of methoxy groups -OCH3 is 1. The molecule has 1 saturated heterocycles. The zero-order valence-electron chi connectivity index (χ0n) is 12.1. The molecule has 0 aliphatic carbocycles. The third-order valence-corrected chi connectivity index (χ3v) is 5.90. The van der Waals surface area contributed by atoms with Crippen LogP contribution >= 0.6 is 0 Å². The van der Waals surface area contributed by atoms with E-state index in [1.807, 2.05) is 13.8 Å². The summed E-state index contributed by atoms with van der Waals surface area (Å²) < 4.78 is 31.2. The number of benzene rings is 1.